The van der Waals surface area contributed by atoms with Crippen molar-refractivity contribution in [2.45, 2.75) is 32.5 Å². The number of alkyl halides is 3. The van der Waals surface area contributed by atoms with Gasteiger partial charge in [0.2, 0.25) is 10.0 Å². The Hall–Kier alpha value is -3.59. The van der Waals surface area contributed by atoms with Crippen LogP contribution in [-0.4, -0.2) is 26.2 Å². The molecule has 0 saturated heterocycles. The third-order valence-corrected chi connectivity index (χ3v) is 7.75. The average Bonchev–Trinajstić information content (AvgIpc) is 2.85. The normalized spacial score (nSPS) is 14.0. The quantitative estimate of drug-likeness (QED) is 0.297. The van der Waals surface area contributed by atoms with Gasteiger partial charge in [0.25, 0.3) is 0 Å². The van der Waals surface area contributed by atoms with Gasteiger partial charge in [-0.3, -0.25) is 9.29 Å². The van der Waals surface area contributed by atoms with Crippen LogP contribution in [0, 0.1) is 6.92 Å². The molecule has 0 saturated carbocycles. The maximum atomic E-state index is 13.6. The molecule has 0 spiro atoms. The molecular weight excluding hydrogens is 501 g/mol. The molecule has 5 nitrogen and oxygen atoms in total. The van der Waals surface area contributed by atoms with Crippen LogP contribution < -0.4 is 9.04 Å². The summed E-state index contributed by atoms with van der Waals surface area (Å²) in [5.41, 5.74) is 3.71. The molecule has 4 aromatic rings. The van der Waals surface area contributed by atoms with Gasteiger partial charge >= 0.3 is 6.18 Å². The number of hydrogen-bond donors (Lipinski definition) is 0. The van der Waals surface area contributed by atoms with Crippen molar-refractivity contribution in [3.8, 4) is 16.9 Å². The standard InChI is InChI=1S/C28H25F3N2O3S/c1-18-16-32-27-22(9-4-11-23(27)28(29,30)31)26(18)20-8-3-7-19(15-20)17-36-25-13-5-12-24-21(25)10-6-14-33(24)37(2,34)35/h3-5,7-9,11-13,15-16H,6,10,14,17H2,1-2H3. The summed E-state index contributed by atoms with van der Waals surface area (Å²) in [5.74, 6) is 0.622. The van der Waals surface area contributed by atoms with E-state index < -0.39 is 21.8 Å². The lowest BCUT2D eigenvalue weighted by molar-refractivity contribution is -0.136. The van der Waals surface area contributed by atoms with E-state index in [-0.39, 0.29) is 12.1 Å². The SMILES string of the molecule is Cc1cnc2c(C(F)(F)F)cccc2c1-c1cccc(COc2cccc3c2CCCN3S(C)(=O)=O)c1. The Morgan fingerprint density at radius 1 is 1.05 bits per heavy atom. The van der Waals surface area contributed by atoms with Gasteiger partial charge in [-0.2, -0.15) is 13.2 Å². The molecule has 192 valence electrons. The van der Waals surface area contributed by atoms with Crippen LogP contribution in [0.3, 0.4) is 0 Å². The fourth-order valence-corrected chi connectivity index (χ4v) is 5.94. The summed E-state index contributed by atoms with van der Waals surface area (Å²) in [6, 6.07) is 17.0. The molecule has 5 rings (SSSR count). The number of sulfonamides is 1. The molecule has 1 aliphatic rings. The second-order valence-electron chi connectivity index (χ2n) is 9.20. The molecule has 0 amide bonds. The highest BCUT2D eigenvalue weighted by atomic mass is 32.2. The van der Waals surface area contributed by atoms with Crippen LogP contribution >= 0.6 is 0 Å². The van der Waals surface area contributed by atoms with E-state index >= 15 is 0 Å². The zero-order valence-electron chi connectivity index (χ0n) is 20.3. The van der Waals surface area contributed by atoms with Gasteiger partial charge in [-0.1, -0.05) is 36.4 Å². The van der Waals surface area contributed by atoms with Crippen LogP contribution in [0.25, 0.3) is 22.0 Å². The van der Waals surface area contributed by atoms with Crippen molar-refractivity contribution < 1.29 is 26.3 Å². The number of para-hydroxylation sites is 1. The maximum Gasteiger partial charge on any atom is 0.418 e. The monoisotopic (exact) mass is 526 g/mol. The van der Waals surface area contributed by atoms with Crippen molar-refractivity contribution in [3.05, 3.63) is 89.1 Å². The van der Waals surface area contributed by atoms with Crippen molar-refractivity contribution in [3.63, 3.8) is 0 Å². The molecule has 0 unspecified atom stereocenters. The number of aromatic nitrogens is 1. The first-order chi connectivity index (χ1) is 17.5. The minimum Gasteiger partial charge on any atom is -0.489 e. The van der Waals surface area contributed by atoms with E-state index in [2.05, 4.69) is 4.98 Å². The van der Waals surface area contributed by atoms with Gasteiger partial charge in [-0.25, -0.2) is 8.42 Å². The van der Waals surface area contributed by atoms with Crippen molar-refractivity contribution in [2.24, 2.45) is 0 Å². The van der Waals surface area contributed by atoms with Crippen LogP contribution in [0.5, 0.6) is 5.75 Å². The van der Waals surface area contributed by atoms with E-state index in [0.717, 1.165) is 28.3 Å². The Bertz CT molecular complexity index is 1600. The van der Waals surface area contributed by atoms with Crippen LogP contribution in [-0.2, 0) is 29.2 Å². The molecule has 0 N–H and O–H groups in total. The largest absolute Gasteiger partial charge is 0.489 e. The summed E-state index contributed by atoms with van der Waals surface area (Å²) in [4.78, 5) is 4.10. The Kier molecular flexibility index (Phi) is 6.35. The highest BCUT2D eigenvalue weighted by Gasteiger charge is 2.33. The minimum absolute atomic E-state index is 0.0800. The third kappa shape index (κ3) is 4.87. The number of halogens is 3. The Labute approximate surface area is 213 Å². The van der Waals surface area contributed by atoms with Gasteiger partial charge in [0, 0.05) is 23.7 Å². The Morgan fingerprint density at radius 3 is 2.57 bits per heavy atom. The summed E-state index contributed by atoms with van der Waals surface area (Å²) in [6.45, 7) is 2.49. The first kappa shape index (κ1) is 25.1. The van der Waals surface area contributed by atoms with Crippen LogP contribution in [0.4, 0.5) is 18.9 Å². The summed E-state index contributed by atoms with van der Waals surface area (Å²) in [7, 11) is -3.39. The Balaban J connectivity index is 1.48. The summed E-state index contributed by atoms with van der Waals surface area (Å²) in [6.07, 6.45) is -0.425. The molecule has 1 aliphatic heterocycles. The van der Waals surface area contributed by atoms with Gasteiger partial charge in [0.1, 0.15) is 12.4 Å². The lowest BCUT2D eigenvalue weighted by atomic mass is 9.94. The molecule has 9 heteroatoms. The van der Waals surface area contributed by atoms with Gasteiger partial charge in [-0.05, 0) is 66.3 Å². The summed E-state index contributed by atoms with van der Waals surface area (Å²) < 4.78 is 72.8. The third-order valence-electron chi connectivity index (χ3n) is 6.57. The lowest BCUT2D eigenvalue weighted by Gasteiger charge is -2.30. The Morgan fingerprint density at radius 2 is 1.81 bits per heavy atom. The van der Waals surface area contributed by atoms with Crippen LogP contribution in [0.1, 0.15) is 28.7 Å². The van der Waals surface area contributed by atoms with E-state index in [1.165, 1.54) is 22.8 Å². The number of anilines is 1. The number of rotatable bonds is 5. The zero-order valence-corrected chi connectivity index (χ0v) is 21.2. The molecule has 0 atom stereocenters. The van der Waals surface area contributed by atoms with Crippen molar-refractivity contribution >= 4 is 26.6 Å². The van der Waals surface area contributed by atoms with Gasteiger partial charge in [-0.15, -0.1) is 0 Å². The number of nitrogens with zero attached hydrogens (tertiary/aromatic N) is 2. The number of pyridine rings is 1. The molecule has 0 radical (unpaired) electrons. The summed E-state index contributed by atoms with van der Waals surface area (Å²) >= 11 is 0. The van der Waals surface area contributed by atoms with Gasteiger partial charge in [0.05, 0.1) is 23.0 Å². The second kappa shape index (κ2) is 9.37. The van der Waals surface area contributed by atoms with Gasteiger partial charge < -0.3 is 4.74 Å². The summed E-state index contributed by atoms with van der Waals surface area (Å²) in [5, 5.41) is 0.436. The first-order valence-electron chi connectivity index (χ1n) is 11.8. The lowest BCUT2D eigenvalue weighted by Crippen LogP contribution is -2.34. The van der Waals surface area contributed by atoms with E-state index in [1.807, 2.05) is 37.3 Å². The van der Waals surface area contributed by atoms with E-state index in [9.17, 15) is 21.6 Å². The number of ether oxygens (including phenoxy) is 1. The average molecular weight is 527 g/mol. The predicted molar refractivity (Wildman–Crippen MR) is 138 cm³/mol. The van der Waals surface area contributed by atoms with Crippen molar-refractivity contribution in [1.82, 2.24) is 4.98 Å². The van der Waals surface area contributed by atoms with E-state index in [0.29, 0.717) is 41.8 Å². The molecule has 3 aromatic carbocycles. The van der Waals surface area contributed by atoms with Gasteiger partial charge in [0.15, 0.2) is 0 Å². The van der Waals surface area contributed by atoms with Crippen molar-refractivity contribution in [1.29, 1.82) is 0 Å². The second-order valence-corrected chi connectivity index (χ2v) is 11.1. The maximum absolute atomic E-state index is 13.6. The van der Waals surface area contributed by atoms with Crippen LogP contribution in [0.2, 0.25) is 0 Å². The highest BCUT2D eigenvalue weighted by molar-refractivity contribution is 7.92. The number of aryl methyl sites for hydroxylation is 1. The van der Waals surface area contributed by atoms with E-state index in [1.54, 1.807) is 18.2 Å². The highest BCUT2D eigenvalue weighted by Crippen LogP contribution is 2.39. The zero-order chi connectivity index (χ0) is 26.4. The first-order valence-corrected chi connectivity index (χ1v) is 13.7. The fourth-order valence-electron chi connectivity index (χ4n) is 4.95. The van der Waals surface area contributed by atoms with E-state index in [4.69, 9.17) is 4.74 Å². The molecule has 0 fully saturated rings. The number of benzene rings is 3. The fraction of sp³-hybridized carbons (Fsp3) is 0.250. The molecular formula is C28H25F3N2O3S. The minimum atomic E-state index is -4.50. The topological polar surface area (TPSA) is 59.5 Å². The number of hydrogen-bond acceptors (Lipinski definition) is 4. The van der Waals surface area contributed by atoms with Crippen LogP contribution in [0.15, 0.2) is 66.9 Å². The van der Waals surface area contributed by atoms with Crippen molar-refractivity contribution in [2.75, 3.05) is 17.1 Å². The molecule has 2 heterocycles. The molecule has 0 aliphatic carbocycles. The smallest absolute Gasteiger partial charge is 0.418 e. The predicted octanol–water partition coefficient (Wildman–Crippen LogP) is 6.52. The molecule has 1 aromatic heterocycles. The molecule has 0 bridgehead atoms. The number of fused-ring (bicyclic) bond motifs is 2. The molecule has 37 heavy (non-hydrogen) atoms.